The molecule has 17 heavy (non-hydrogen) atoms. The van der Waals surface area contributed by atoms with Crippen molar-refractivity contribution in [2.75, 3.05) is 0 Å². The van der Waals surface area contributed by atoms with Gasteiger partial charge in [0.1, 0.15) is 0 Å². The van der Waals surface area contributed by atoms with Gasteiger partial charge in [0.05, 0.1) is 11.1 Å². The Morgan fingerprint density at radius 2 is 2.12 bits per heavy atom. The molecule has 0 amide bonds. The van der Waals surface area contributed by atoms with E-state index in [1.54, 1.807) is 12.1 Å². The van der Waals surface area contributed by atoms with Crippen molar-refractivity contribution in [3.8, 4) is 0 Å². The molecule has 1 N–H and O–H groups in total. The first-order valence-corrected chi connectivity index (χ1v) is 5.84. The van der Waals surface area contributed by atoms with Gasteiger partial charge in [0.15, 0.2) is 0 Å². The van der Waals surface area contributed by atoms with Crippen LogP contribution in [0.15, 0.2) is 30.3 Å². The first-order chi connectivity index (χ1) is 8.22. The van der Waals surface area contributed by atoms with Gasteiger partial charge in [0.2, 0.25) is 0 Å². The summed E-state index contributed by atoms with van der Waals surface area (Å²) in [5, 5.41) is 9.91. The van der Waals surface area contributed by atoms with Crippen LogP contribution in [-0.4, -0.2) is 16.1 Å². The van der Waals surface area contributed by atoms with Gasteiger partial charge in [-0.1, -0.05) is 31.5 Å². The highest BCUT2D eigenvalue weighted by Crippen LogP contribution is 2.19. The van der Waals surface area contributed by atoms with E-state index in [4.69, 9.17) is 0 Å². The number of para-hydroxylation sites is 1. The highest BCUT2D eigenvalue weighted by atomic mass is 16.4. The van der Waals surface area contributed by atoms with Gasteiger partial charge in [-0.3, -0.25) is 4.98 Å². The van der Waals surface area contributed by atoms with E-state index in [2.05, 4.69) is 11.9 Å². The van der Waals surface area contributed by atoms with Crippen LogP contribution in [0.1, 0.15) is 35.8 Å². The first kappa shape index (κ1) is 11.6. The molecule has 0 aliphatic heterocycles. The fourth-order valence-corrected chi connectivity index (χ4v) is 1.89. The Morgan fingerprint density at radius 1 is 1.35 bits per heavy atom. The summed E-state index contributed by atoms with van der Waals surface area (Å²) in [6, 6.07) is 9.07. The predicted molar refractivity (Wildman–Crippen MR) is 67.3 cm³/mol. The van der Waals surface area contributed by atoms with Crippen LogP contribution in [0, 0.1) is 0 Å². The van der Waals surface area contributed by atoms with Crippen LogP contribution in [0.5, 0.6) is 0 Å². The molecule has 0 aliphatic rings. The number of carboxylic acids is 1. The maximum Gasteiger partial charge on any atom is 0.336 e. The third-order valence-corrected chi connectivity index (χ3v) is 2.79. The molecule has 0 unspecified atom stereocenters. The quantitative estimate of drug-likeness (QED) is 0.875. The van der Waals surface area contributed by atoms with Crippen LogP contribution >= 0.6 is 0 Å². The lowest BCUT2D eigenvalue weighted by Crippen LogP contribution is -2.02. The Morgan fingerprint density at radius 3 is 2.82 bits per heavy atom. The summed E-state index contributed by atoms with van der Waals surface area (Å²) in [6.45, 7) is 2.11. The van der Waals surface area contributed by atoms with Crippen molar-refractivity contribution in [2.45, 2.75) is 26.2 Å². The van der Waals surface area contributed by atoms with E-state index in [9.17, 15) is 9.90 Å². The van der Waals surface area contributed by atoms with Gasteiger partial charge in [0.25, 0.3) is 0 Å². The molecule has 88 valence electrons. The summed E-state index contributed by atoms with van der Waals surface area (Å²) in [4.78, 5) is 15.7. The fraction of sp³-hybridized carbons (Fsp3) is 0.286. The molecule has 2 aromatic rings. The third-order valence-electron chi connectivity index (χ3n) is 2.79. The molecule has 3 heteroatoms. The van der Waals surface area contributed by atoms with Gasteiger partial charge in [-0.25, -0.2) is 4.79 Å². The van der Waals surface area contributed by atoms with Crippen LogP contribution in [-0.2, 0) is 6.42 Å². The van der Waals surface area contributed by atoms with Gasteiger partial charge in [-0.05, 0) is 25.0 Å². The van der Waals surface area contributed by atoms with E-state index >= 15 is 0 Å². The Bertz CT molecular complexity index is 549. The number of unbranched alkanes of at least 4 members (excludes halogenated alkanes) is 1. The molecular weight excluding hydrogens is 214 g/mol. The highest BCUT2D eigenvalue weighted by molar-refractivity contribution is 6.02. The maximum atomic E-state index is 11.2. The van der Waals surface area contributed by atoms with Crippen molar-refractivity contribution in [3.63, 3.8) is 0 Å². The molecule has 0 bridgehead atoms. The van der Waals surface area contributed by atoms with Crippen LogP contribution < -0.4 is 0 Å². The number of hydrogen-bond donors (Lipinski definition) is 1. The molecule has 1 heterocycles. The zero-order chi connectivity index (χ0) is 12.3. The molecule has 0 saturated heterocycles. The maximum absolute atomic E-state index is 11.2. The van der Waals surface area contributed by atoms with Crippen LogP contribution in [0.2, 0.25) is 0 Å². The van der Waals surface area contributed by atoms with Gasteiger partial charge in [0, 0.05) is 11.1 Å². The zero-order valence-electron chi connectivity index (χ0n) is 9.81. The van der Waals surface area contributed by atoms with E-state index in [0.29, 0.717) is 10.9 Å². The number of carboxylic acid groups (broad SMARTS) is 1. The highest BCUT2D eigenvalue weighted by Gasteiger charge is 2.10. The smallest absolute Gasteiger partial charge is 0.336 e. The monoisotopic (exact) mass is 229 g/mol. The number of benzene rings is 1. The van der Waals surface area contributed by atoms with Crippen molar-refractivity contribution in [1.29, 1.82) is 0 Å². The van der Waals surface area contributed by atoms with Gasteiger partial charge < -0.3 is 5.11 Å². The Hall–Kier alpha value is -1.90. The third kappa shape index (κ3) is 2.44. The summed E-state index contributed by atoms with van der Waals surface area (Å²) in [5.41, 5.74) is 1.98. The number of aromatic carboxylic acids is 1. The average molecular weight is 229 g/mol. The Labute approximate surface area is 100 Å². The number of hydrogen-bond acceptors (Lipinski definition) is 2. The molecule has 3 nitrogen and oxygen atoms in total. The lowest BCUT2D eigenvalue weighted by Gasteiger charge is -2.06. The number of rotatable bonds is 4. The average Bonchev–Trinajstić information content (AvgIpc) is 2.35. The van der Waals surface area contributed by atoms with Crippen molar-refractivity contribution in [3.05, 3.63) is 41.6 Å². The topological polar surface area (TPSA) is 50.2 Å². The molecule has 0 saturated carbocycles. The van der Waals surface area contributed by atoms with Crippen molar-refractivity contribution in [1.82, 2.24) is 4.98 Å². The molecule has 1 aromatic heterocycles. The molecular formula is C14H15NO2. The Balaban J connectivity index is 2.55. The minimum Gasteiger partial charge on any atom is -0.478 e. The lowest BCUT2D eigenvalue weighted by molar-refractivity contribution is 0.0699. The van der Waals surface area contributed by atoms with E-state index in [1.807, 2.05) is 18.2 Å². The molecule has 0 spiro atoms. The largest absolute Gasteiger partial charge is 0.478 e. The molecule has 0 fully saturated rings. The fourth-order valence-electron chi connectivity index (χ4n) is 1.89. The Kier molecular flexibility index (Phi) is 3.38. The minimum absolute atomic E-state index is 0.349. The number of aryl methyl sites for hydroxylation is 1. The van der Waals surface area contributed by atoms with E-state index in [0.717, 1.165) is 30.5 Å². The number of nitrogens with zero attached hydrogens (tertiary/aromatic N) is 1. The molecule has 1 aromatic carbocycles. The number of pyridine rings is 1. The molecule has 0 atom stereocenters. The number of carbonyl (C=O) groups is 1. The molecule has 0 aliphatic carbocycles. The first-order valence-electron chi connectivity index (χ1n) is 5.84. The standard InChI is InChI=1S/C14H15NO2/c1-2-3-6-10-9-12(14(16)17)11-7-4-5-8-13(11)15-10/h4-5,7-9H,2-3,6H2,1H3,(H,16,17). The van der Waals surface area contributed by atoms with E-state index in [1.165, 1.54) is 0 Å². The second-order valence-electron chi connectivity index (χ2n) is 4.09. The van der Waals surface area contributed by atoms with Crippen molar-refractivity contribution in [2.24, 2.45) is 0 Å². The second kappa shape index (κ2) is 4.95. The van der Waals surface area contributed by atoms with E-state index in [-0.39, 0.29) is 0 Å². The van der Waals surface area contributed by atoms with Crippen molar-refractivity contribution >= 4 is 16.9 Å². The predicted octanol–water partition coefficient (Wildman–Crippen LogP) is 3.28. The summed E-state index contributed by atoms with van der Waals surface area (Å²) in [7, 11) is 0. The van der Waals surface area contributed by atoms with E-state index < -0.39 is 5.97 Å². The normalized spacial score (nSPS) is 10.6. The zero-order valence-corrected chi connectivity index (χ0v) is 9.81. The molecule has 0 radical (unpaired) electrons. The summed E-state index contributed by atoms with van der Waals surface area (Å²) >= 11 is 0. The second-order valence-corrected chi connectivity index (χ2v) is 4.09. The number of aromatic nitrogens is 1. The van der Waals surface area contributed by atoms with Crippen molar-refractivity contribution < 1.29 is 9.90 Å². The summed E-state index contributed by atoms with van der Waals surface area (Å²) < 4.78 is 0. The summed E-state index contributed by atoms with van der Waals surface area (Å²) in [5.74, 6) is -0.888. The summed E-state index contributed by atoms with van der Waals surface area (Å²) in [6.07, 6.45) is 2.95. The number of fused-ring (bicyclic) bond motifs is 1. The minimum atomic E-state index is -0.888. The van der Waals surface area contributed by atoms with Gasteiger partial charge >= 0.3 is 5.97 Å². The van der Waals surface area contributed by atoms with Crippen LogP contribution in [0.4, 0.5) is 0 Å². The van der Waals surface area contributed by atoms with Crippen LogP contribution in [0.3, 0.4) is 0 Å². The van der Waals surface area contributed by atoms with Crippen LogP contribution in [0.25, 0.3) is 10.9 Å². The SMILES string of the molecule is CCCCc1cc(C(=O)O)c2ccccc2n1. The van der Waals surface area contributed by atoms with Gasteiger partial charge in [-0.2, -0.15) is 0 Å². The molecule has 2 rings (SSSR count). The van der Waals surface area contributed by atoms with Gasteiger partial charge in [-0.15, -0.1) is 0 Å². The lowest BCUT2D eigenvalue weighted by atomic mass is 10.1.